The van der Waals surface area contributed by atoms with Crippen LogP contribution in [-0.2, 0) is 9.71 Å². The third-order valence-electron chi connectivity index (χ3n) is 5.10. The molecule has 33 heavy (non-hydrogen) atoms. The second-order valence-corrected chi connectivity index (χ2v) is 9.80. The summed E-state index contributed by atoms with van der Waals surface area (Å²) in [5.41, 5.74) is 0.584. The van der Waals surface area contributed by atoms with Crippen molar-refractivity contribution in [2.45, 2.75) is 13.3 Å². The third kappa shape index (κ3) is 4.49. The van der Waals surface area contributed by atoms with Gasteiger partial charge in [0.05, 0.1) is 11.3 Å². The Balaban J connectivity index is 1.78. The highest BCUT2D eigenvalue weighted by Crippen LogP contribution is 2.29. The van der Waals surface area contributed by atoms with Crippen molar-refractivity contribution in [2.24, 2.45) is 0 Å². The fourth-order valence-electron chi connectivity index (χ4n) is 3.55. The van der Waals surface area contributed by atoms with E-state index in [2.05, 4.69) is 20.6 Å². The summed E-state index contributed by atoms with van der Waals surface area (Å²) >= 11 is 0. The molecular formula is C24H20F3N3O2S. The zero-order valence-corrected chi connectivity index (χ0v) is 18.4. The topological polar surface area (TPSA) is 74.8 Å². The van der Waals surface area contributed by atoms with Crippen molar-refractivity contribution < 1.29 is 22.2 Å². The summed E-state index contributed by atoms with van der Waals surface area (Å²) in [5.74, 6) is 0.259. The SMILES string of the molecule is C=S(=O)(CCC)Nc1ccc(F)c(C(=O)c2c[nH]c3ncc(-c4ccc(F)cc4)cc23)c1F. The number of rotatable bonds is 7. The smallest absolute Gasteiger partial charge is 0.201 e. The Morgan fingerprint density at radius 3 is 2.55 bits per heavy atom. The molecule has 0 spiro atoms. The molecule has 0 fully saturated rings. The van der Waals surface area contributed by atoms with E-state index in [1.54, 1.807) is 31.3 Å². The average Bonchev–Trinajstić information content (AvgIpc) is 3.19. The summed E-state index contributed by atoms with van der Waals surface area (Å²) in [6.07, 6.45) is 3.42. The number of nitrogens with one attached hydrogen (secondary N) is 2. The molecule has 5 nitrogen and oxygen atoms in total. The van der Waals surface area contributed by atoms with Gasteiger partial charge in [-0.05, 0) is 48.2 Å². The monoisotopic (exact) mass is 471 g/mol. The van der Waals surface area contributed by atoms with Crippen molar-refractivity contribution >= 4 is 38.1 Å². The van der Waals surface area contributed by atoms with Crippen LogP contribution < -0.4 is 4.72 Å². The van der Waals surface area contributed by atoms with Crippen LogP contribution in [0.2, 0.25) is 0 Å². The first-order valence-corrected chi connectivity index (χ1v) is 12.0. The molecule has 4 rings (SSSR count). The van der Waals surface area contributed by atoms with Crippen LogP contribution in [0, 0.1) is 17.5 Å². The lowest BCUT2D eigenvalue weighted by Crippen LogP contribution is -2.18. The summed E-state index contributed by atoms with van der Waals surface area (Å²) in [6.45, 7) is 1.80. The van der Waals surface area contributed by atoms with Crippen molar-refractivity contribution in [2.75, 3.05) is 10.5 Å². The van der Waals surface area contributed by atoms with Gasteiger partial charge in [-0.15, -0.1) is 0 Å². The molecule has 0 bridgehead atoms. The van der Waals surface area contributed by atoms with E-state index >= 15 is 4.39 Å². The van der Waals surface area contributed by atoms with Gasteiger partial charge in [0.2, 0.25) is 5.78 Å². The molecule has 170 valence electrons. The Kier molecular flexibility index (Phi) is 5.99. The number of pyridine rings is 1. The minimum absolute atomic E-state index is 0.0142. The van der Waals surface area contributed by atoms with Gasteiger partial charge in [0.1, 0.15) is 17.3 Å². The van der Waals surface area contributed by atoms with Crippen LogP contribution in [0.3, 0.4) is 0 Å². The van der Waals surface area contributed by atoms with Gasteiger partial charge in [-0.1, -0.05) is 19.1 Å². The van der Waals surface area contributed by atoms with Crippen LogP contribution in [0.1, 0.15) is 29.3 Å². The van der Waals surface area contributed by atoms with Gasteiger partial charge in [0.25, 0.3) is 0 Å². The Hall–Kier alpha value is -3.59. The number of aromatic nitrogens is 2. The summed E-state index contributed by atoms with van der Waals surface area (Å²) in [5, 5.41) is 0.353. The maximum atomic E-state index is 15.2. The van der Waals surface area contributed by atoms with Crippen molar-refractivity contribution in [3.05, 3.63) is 83.4 Å². The number of hydrogen-bond donors (Lipinski definition) is 2. The number of fused-ring (bicyclic) bond motifs is 1. The van der Waals surface area contributed by atoms with Gasteiger partial charge in [-0.25, -0.2) is 22.4 Å². The van der Waals surface area contributed by atoms with Crippen LogP contribution in [0.4, 0.5) is 18.9 Å². The first-order valence-electron chi connectivity index (χ1n) is 10.1. The molecule has 0 saturated carbocycles. The maximum Gasteiger partial charge on any atom is 0.201 e. The van der Waals surface area contributed by atoms with Crippen molar-refractivity contribution in [1.29, 1.82) is 0 Å². The van der Waals surface area contributed by atoms with E-state index in [9.17, 15) is 17.8 Å². The van der Waals surface area contributed by atoms with Gasteiger partial charge < -0.3 is 9.71 Å². The van der Waals surface area contributed by atoms with Crippen molar-refractivity contribution in [3.63, 3.8) is 0 Å². The number of carbonyl (C=O) groups excluding carboxylic acids is 1. The lowest BCUT2D eigenvalue weighted by atomic mass is 10.00. The molecule has 2 aromatic heterocycles. The maximum absolute atomic E-state index is 15.2. The summed E-state index contributed by atoms with van der Waals surface area (Å²) in [7, 11) is -2.86. The Labute approximate surface area is 188 Å². The molecule has 0 aliphatic carbocycles. The zero-order valence-electron chi connectivity index (χ0n) is 17.6. The van der Waals surface area contributed by atoms with Crippen LogP contribution in [0.15, 0.2) is 54.9 Å². The number of H-pyrrole nitrogens is 1. The largest absolute Gasteiger partial charge is 0.345 e. The quantitative estimate of drug-likeness (QED) is 0.283. The third-order valence-corrected chi connectivity index (χ3v) is 6.76. The molecular weight excluding hydrogens is 451 g/mol. The van der Waals surface area contributed by atoms with E-state index in [4.69, 9.17) is 0 Å². The molecule has 4 aromatic rings. The predicted molar refractivity (Wildman–Crippen MR) is 125 cm³/mol. The molecule has 1 atom stereocenters. The number of halogens is 3. The Morgan fingerprint density at radius 2 is 1.85 bits per heavy atom. The van der Waals surface area contributed by atoms with Gasteiger partial charge in [0.15, 0.2) is 5.82 Å². The molecule has 0 radical (unpaired) electrons. The second-order valence-electron chi connectivity index (χ2n) is 7.56. The van der Waals surface area contributed by atoms with Gasteiger partial charge in [0, 0.05) is 44.4 Å². The van der Waals surface area contributed by atoms with Crippen molar-refractivity contribution in [1.82, 2.24) is 9.97 Å². The first kappa shape index (κ1) is 22.6. The average molecular weight is 472 g/mol. The van der Waals surface area contributed by atoms with E-state index in [1.807, 2.05) is 0 Å². The van der Waals surface area contributed by atoms with Crippen LogP contribution >= 0.6 is 0 Å². The van der Waals surface area contributed by atoms with E-state index in [-0.39, 0.29) is 17.0 Å². The molecule has 0 saturated heterocycles. The number of aromatic amines is 1. The van der Waals surface area contributed by atoms with Crippen molar-refractivity contribution in [3.8, 4) is 11.1 Å². The lowest BCUT2D eigenvalue weighted by molar-refractivity contribution is 0.103. The molecule has 0 amide bonds. The molecule has 2 N–H and O–H groups in total. The minimum atomic E-state index is -2.86. The minimum Gasteiger partial charge on any atom is -0.345 e. The fourth-order valence-corrected chi connectivity index (χ4v) is 4.87. The van der Waals surface area contributed by atoms with Gasteiger partial charge >= 0.3 is 0 Å². The Bertz CT molecular complexity index is 1460. The number of nitrogens with zero attached hydrogens (tertiary/aromatic N) is 1. The molecule has 2 heterocycles. The van der Waals surface area contributed by atoms with Gasteiger partial charge in [-0.2, -0.15) is 0 Å². The van der Waals surface area contributed by atoms with E-state index < -0.39 is 38.5 Å². The van der Waals surface area contributed by atoms with E-state index in [0.717, 1.165) is 12.1 Å². The lowest BCUT2D eigenvalue weighted by Gasteiger charge is -2.14. The normalized spacial score (nSPS) is 13.1. The number of carbonyl (C=O) groups is 1. The summed E-state index contributed by atoms with van der Waals surface area (Å²) < 4.78 is 58.0. The van der Waals surface area contributed by atoms with Crippen LogP contribution in [0.25, 0.3) is 22.2 Å². The zero-order chi connectivity index (χ0) is 23.8. The molecule has 1 unspecified atom stereocenters. The number of hydrogen-bond acceptors (Lipinski definition) is 3. The Morgan fingerprint density at radius 1 is 1.12 bits per heavy atom. The summed E-state index contributed by atoms with van der Waals surface area (Å²) in [6, 6.07) is 9.39. The highest BCUT2D eigenvalue weighted by atomic mass is 32.2. The van der Waals surface area contributed by atoms with E-state index in [0.29, 0.717) is 28.6 Å². The highest BCUT2D eigenvalue weighted by molar-refractivity contribution is 8.01. The fraction of sp³-hybridized carbons (Fsp3) is 0.125. The molecule has 0 aliphatic heterocycles. The number of ketones is 1. The van der Waals surface area contributed by atoms with Gasteiger partial charge in [-0.3, -0.25) is 4.79 Å². The summed E-state index contributed by atoms with van der Waals surface area (Å²) in [4.78, 5) is 20.3. The second kappa shape index (κ2) is 8.74. The number of benzene rings is 2. The number of anilines is 1. The predicted octanol–water partition coefficient (Wildman–Crippen LogP) is 5.33. The first-order chi connectivity index (χ1) is 15.7. The standard InChI is InChI=1S/C24H20F3N3O2S/c1-3-10-33(2,32)30-20-9-8-19(26)21(22(20)27)23(31)18-13-29-24-17(18)11-15(12-28-24)14-4-6-16(25)7-5-14/h4-9,11-13H,2-3,10H2,1H3,(H,28,29)(H,30,32). The van der Waals surface area contributed by atoms with Crippen LogP contribution in [0.5, 0.6) is 0 Å². The molecule has 0 aliphatic rings. The molecule has 2 aromatic carbocycles. The molecule has 9 heteroatoms. The van der Waals surface area contributed by atoms with Crippen LogP contribution in [-0.4, -0.2) is 31.6 Å². The van der Waals surface area contributed by atoms with E-state index in [1.165, 1.54) is 18.3 Å². The highest BCUT2D eigenvalue weighted by Gasteiger charge is 2.25.